The number of carbonyl (C=O) groups excluding carboxylic acids is 1. The van der Waals surface area contributed by atoms with Crippen molar-refractivity contribution < 1.29 is 9.32 Å². The van der Waals surface area contributed by atoms with Gasteiger partial charge in [-0.3, -0.25) is 4.79 Å². The summed E-state index contributed by atoms with van der Waals surface area (Å²) >= 11 is 1.53. The predicted molar refractivity (Wildman–Crippen MR) is 78.9 cm³/mol. The van der Waals surface area contributed by atoms with Crippen LogP contribution >= 0.6 is 11.3 Å². The minimum atomic E-state index is -0.143. The van der Waals surface area contributed by atoms with E-state index in [0.29, 0.717) is 17.3 Å². The number of nitrogens with zero attached hydrogens (tertiary/aromatic N) is 3. The molecule has 3 heterocycles. The Labute approximate surface area is 125 Å². The van der Waals surface area contributed by atoms with E-state index in [4.69, 9.17) is 4.52 Å². The molecule has 1 N–H and O–H groups in total. The van der Waals surface area contributed by atoms with Gasteiger partial charge in [-0.2, -0.15) is 4.98 Å². The number of aromatic nitrogens is 3. The third-order valence-corrected chi connectivity index (χ3v) is 4.09. The smallest absolute Gasteiger partial charge is 0.268 e. The molecule has 1 amide bonds. The van der Waals surface area contributed by atoms with Crippen molar-refractivity contribution in [2.45, 2.75) is 13.5 Å². The average Bonchev–Trinajstić information content (AvgIpc) is 3.19. The Morgan fingerprint density at radius 2 is 2.33 bits per heavy atom. The van der Waals surface area contributed by atoms with Crippen LogP contribution in [-0.4, -0.2) is 20.6 Å². The summed E-state index contributed by atoms with van der Waals surface area (Å²) in [5.41, 5.74) is 1.57. The van der Waals surface area contributed by atoms with Crippen molar-refractivity contribution >= 4 is 17.2 Å². The van der Waals surface area contributed by atoms with Crippen LogP contribution in [0.1, 0.15) is 21.9 Å². The van der Waals surface area contributed by atoms with Gasteiger partial charge in [-0.15, -0.1) is 11.3 Å². The molecule has 0 unspecified atom stereocenters. The molecule has 0 aromatic carbocycles. The molecule has 21 heavy (non-hydrogen) atoms. The molecule has 3 aromatic heterocycles. The van der Waals surface area contributed by atoms with E-state index in [1.54, 1.807) is 6.07 Å². The normalized spacial score (nSPS) is 10.8. The third kappa shape index (κ3) is 2.73. The number of rotatable bonds is 4. The number of amides is 1. The van der Waals surface area contributed by atoms with Gasteiger partial charge in [0, 0.05) is 18.9 Å². The molecular weight excluding hydrogens is 288 g/mol. The third-order valence-electron chi connectivity index (χ3n) is 3.24. The first-order chi connectivity index (χ1) is 10.1. The van der Waals surface area contributed by atoms with Gasteiger partial charge in [-0.05, 0) is 24.4 Å². The van der Waals surface area contributed by atoms with E-state index in [-0.39, 0.29) is 12.5 Å². The highest BCUT2D eigenvalue weighted by molar-refractivity contribution is 7.13. The standard InChI is InChI=1S/C14H14N4O2S/c1-9-10(5-6-18(9)2)13(19)15-8-12-16-14(20-17-12)11-4-3-7-21-11/h3-7H,8H2,1-2H3,(H,15,19). The van der Waals surface area contributed by atoms with Crippen molar-refractivity contribution in [3.05, 3.63) is 46.9 Å². The monoisotopic (exact) mass is 302 g/mol. The fourth-order valence-electron chi connectivity index (χ4n) is 1.93. The average molecular weight is 302 g/mol. The quantitative estimate of drug-likeness (QED) is 0.803. The summed E-state index contributed by atoms with van der Waals surface area (Å²) in [6, 6.07) is 5.62. The molecule has 0 spiro atoms. The molecule has 108 valence electrons. The van der Waals surface area contributed by atoms with Gasteiger partial charge in [0.15, 0.2) is 5.82 Å². The maximum absolute atomic E-state index is 12.1. The van der Waals surface area contributed by atoms with Crippen LogP contribution in [-0.2, 0) is 13.6 Å². The van der Waals surface area contributed by atoms with Crippen LogP contribution in [0.3, 0.4) is 0 Å². The molecule has 3 rings (SSSR count). The fraction of sp³-hybridized carbons (Fsp3) is 0.214. The zero-order chi connectivity index (χ0) is 14.8. The summed E-state index contributed by atoms with van der Waals surface area (Å²) < 4.78 is 7.07. The molecule has 0 bridgehead atoms. The lowest BCUT2D eigenvalue weighted by atomic mass is 10.2. The van der Waals surface area contributed by atoms with Gasteiger partial charge in [0.25, 0.3) is 11.8 Å². The molecule has 0 saturated heterocycles. The number of hydrogen-bond acceptors (Lipinski definition) is 5. The van der Waals surface area contributed by atoms with E-state index in [9.17, 15) is 4.79 Å². The van der Waals surface area contributed by atoms with E-state index in [0.717, 1.165) is 10.6 Å². The van der Waals surface area contributed by atoms with Crippen molar-refractivity contribution in [1.29, 1.82) is 0 Å². The Morgan fingerprint density at radius 1 is 1.48 bits per heavy atom. The zero-order valence-corrected chi connectivity index (χ0v) is 12.5. The summed E-state index contributed by atoms with van der Waals surface area (Å²) in [4.78, 5) is 17.3. The topological polar surface area (TPSA) is 73.0 Å². The van der Waals surface area contributed by atoms with Gasteiger partial charge in [-0.1, -0.05) is 11.2 Å². The van der Waals surface area contributed by atoms with Crippen LogP contribution in [0.25, 0.3) is 10.8 Å². The second-order valence-corrected chi connectivity index (χ2v) is 5.55. The first kappa shape index (κ1) is 13.6. The van der Waals surface area contributed by atoms with E-state index in [1.807, 2.05) is 42.2 Å². The second-order valence-electron chi connectivity index (χ2n) is 4.60. The molecule has 0 aliphatic carbocycles. The Balaban J connectivity index is 1.65. The van der Waals surface area contributed by atoms with Crippen LogP contribution in [0, 0.1) is 6.92 Å². The van der Waals surface area contributed by atoms with Crippen molar-refractivity contribution in [2.75, 3.05) is 0 Å². The number of aryl methyl sites for hydroxylation is 1. The lowest BCUT2D eigenvalue weighted by Crippen LogP contribution is -2.23. The molecule has 6 nitrogen and oxygen atoms in total. The number of thiophene rings is 1. The first-order valence-electron chi connectivity index (χ1n) is 6.41. The van der Waals surface area contributed by atoms with Crippen LogP contribution in [0.5, 0.6) is 0 Å². The van der Waals surface area contributed by atoms with E-state index in [1.165, 1.54) is 11.3 Å². The van der Waals surface area contributed by atoms with Crippen LogP contribution in [0.4, 0.5) is 0 Å². The molecule has 0 fully saturated rings. The molecule has 0 saturated carbocycles. The summed E-state index contributed by atoms with van der Waals surface area (Å²) in [6.07, 6.45) is 1.85. The number of hydrogen-bond donors (Lipinski definition) is 1. The Kier molecular flexibility index (Phi) is 3.57. The van der Waals surface area contributed by atoms with Gasteiger partial charge in [0.1, 0.15) is 0 Å². The fourth-order valence-corrected chi connectivity index (χ4v) is 2.57. The van der Waals surface area contributed by atoms with E-state index < -0.39 is 0 Å². The van der Waals surface area contributed by atoms with E-state index in [2.05, 4.69) is 15.5 Å². The van der Waals surface area contributed by atoms with Crippen molar-refractivity contribution in [2.24, 2.45) is 7.05 Å². The SMILES string of the molecule is Cc1c(C(=O)NCc2noc(-c3cccs3)n2)ccn1C. The number of carbonyl (C=O) groups is 1. The zero-order valence-electron chi connectivity index (χ0n) is 11.7. The lowest BCUT2D eigenvalue weighted by molar-refractivity contribution is 0.0949. The molecule has 0 aliphatic heterocycles. The highest BCUT2D eigenvalue weighted by atomic mass is 32.1. The lowest BCUT2D eigenvalue weighted by Gasteiger charge is -2.02. The summed E-state index contributed by atoms with van der Waals surface area (Å²) in [7, 11) is 1.90. The van der Waals surface area contributed by atoms with Crippen molar-refractivity contribution in [3.63, 3.8) is 0 Å². The van der Waals surface area contributed by atoms with Gasteiger partial charge in [-0.25, -0.2) is 0 Å². The largest absolute Gasteiger partial charge is 0.354 e. The van der Waals surface area contributed by atoms with Crippen LogP contribution in [0.15, 0.2) is 34.3 Å². The Morgan fingerprint density at radius 3 is 3.00 bits per heavy atom. The minimum absolute atomic E-state index is 0.143. The summed E-state index contributed by atoms with van der Waals surface area (Å²) in [5.74, 6) is 0.793. The Hall–Kier alpha value is -2.41. The second kappa shape index (κ2) is 5.53. The van der Waals surface area contributed by atoms with Crippen LogP contribution < -0.4 is 5.32 Å². The molecule has 3 aromatic rings. The highest BCUT2D eigenvalue weighted by Gasteiger charge is 2.13. The van der Waals surface area contributed by atoms with Crippen molar-refractivity contribution in [3.8, 4) is 10.8 Å². The maximum Gasteiger partial charge on any atom is 0.268 e. The molecular formula is C14H14N4O2S. The maximum atomic E-state index is 12.1. The van der Waals surface area contributed by atoms with Gasteiger partial charge < -0.3 is 14.4 Å². The highest BCUT2D eigenvalue weighted by Crippen LogP contribution is 2.22. The minimum Gasteiger partial charge on any atom is -0.354 e. The molecule has 7 heteroatoms. The predicted octanol–water partition coefficient (Wildman–Crippen LogP) is 2.38. The summed E-state index contributed by atoms with van der Waals surface area (Å²) in [6.45, 7) is 2.14. The van der Waals surface area contributed by atoms with Crippen LogP contribution in [0.2, 0.25) is 0 Å². The summed E-state index contributed by atoms with van der Waals surface area (Å²) in [5, 5.41) is 8.60. The number of nitrogens with one attached hydrogen (secondary N) is 1. The van der Waals surface area contributed by atoms with Gasteiger partial charge in [0.05, 0.1) is 17.0 Å². The first-order valence-corrected chi connectivity index (χ1v) is 7.29. The van der Waals surface area contributed by atoms with E-state index >= 15 is 0 Å². The van der Waals surface area contributed by atoms with Gasteiger partial charge in [0.2, 0.25) is 0 Å². The van der Waals surface area contributed by atoms with Crippen molar-refractivity contribution in [1.82, 2.24) is 20.0 Å². The molecule has 0 aliphatic rings. The molecule has 0 radical (unpaired) electrons. The van der Waals surface area contributed by atoms with Gasteiger partial charge >= 0.3 is 0 Å². The molecule has 0 atom stereocenters. The Bertz CT molecular complexity index is 758.